The summed E-state index contributed by atoms with van der Waals surface area (Å²) < 4.78 is 2.23. The molecule has 0 saturated carbocycles. The van der Waals surface area contributed by atoms with Crippen molar-refractivity contribution in [2.45, 2.75) is 19.8 Å². The van der Waals surface area contributed by atoms with Crippen LogP contribution in [0.3, 0.4) is 0 Å². The van der Waals surface area contributed by atoms with Crippen LogP contribution in [0.1, 0.15) is 19.8 Å². The molecular formula is C136H94BBr2LiO2. The zero-order valence-electron chi connectivity index (χ0n) is 78.8. The number of benzene rings is 27. The zero-order chi connectivity index (χ0) is 95.0. The molecule has 27 aromatic rings. The summed E-state index contributed by atoms with van der Waals surface area (Å²) >= 11 is 7.13. The third kappa shape index (κ3) is 18.7. The standard InChI is InChI=1S/C54H34.C30H19Br.C24H17BO2.C24H15Br.C4H9.Li/c1-2-8-39-30-41(17-14-35(39)6-1)42-23-27-53-46(32-42)20-21-48-34-44(25-29-54(48)53)43-24-28-52-47(33-43)19-18-45-31-40(22-26-51(45)52)36-12-15-38(16-13-36)50-11-5-9-37-7-3-4-10-49(37)50;31-26-15-17-30-25(19-26)13-12-24-18-23(14-16-29(24)30)20-8-10-22(11-9-20)28-7-3-5-21-4-1-2-6-27(21)28;26-25(27)22-10-12-24-21(15-22)8-7-20-14-19(9-11-23(20)24)18-6-5-16-3-1-2-4-17(16)13-18;25-22-10-12-24-21(15-22)8-7-20-14-19(9-11-23(20)24)18-6-5-16-3-1-2-4-17(16)13-18;1-3-4-2;/h1-34H;1-19H;1-15,26-27H;1-15H;1,3-4H2,2H3;/q;;;;-1;+1. The Hall–Kier alpha value is -15.6. The molecule has 0 radical (unpaired) electrons. The summed E-state index contributed by atoms with van der Waals surface area (Å²) in [5, 5.41) is 56.4. The molecule has 27 rings (SSSR count). The van der Waals surface area contributed by atoms with Crippen molar-refractivity contribution in [3.05, 3.63) is 519 Å². The van der Waals surface area contributed by atoms with Gasteiger partial charge in [-0.1, -0.05) is 464 Å². The number of hydrogen-bond donors (Lipinski definition) is 2. The van der Waals surface area contributed by atoms with E-state index in [0.717, 1.165) is 31.5 Å². The van der Waals surface area contributed by atoms with Crippen LogP contribution in [0.5, 0.6) is 0 Å². The Morgan fingerprint density at radius 1 is 0.176 bits per heavy atom. The summed E-state index contributed by atoms with van der Waals surface area (Å²) in [4.78, 5) is 0. The summed E-state index contributed by atoms with van der Waals surface area (Å²) in [7, 11) is -1.44. The number of halogens is 2. The molecule has 2 nitrogen and oxygen atoms in total. The molecule has 0 aromatic heterocycles. The van der Waals surface area contributed by atoms with Crippen molar-refractivity contribution in [2.75, 3.05) is 0 Å². The third-order valence-corrected chi connectivity index (χ3v) is 29.0. The average molecular weight is 1940 g/mol. The van der Waals surface area contributed by atoms with Gasteiger partial charge in [-0.3, -0.25) is 0 Å². The van der Waals surface area contributed by atoms with Gasteiger partial charge in [-0.15, -0.1) is 0 Å². The van der Waals surface area contributed by atoms with Crippen molar-refractivity contribution in [2.24, 2.45) is 0 Å². The number of fused-ring (bicyclic) bond motifs is 20. The average Bonchev–Trinajstić information content (AvgIpc) is 0.806. The van der Waals surface area contributed by atoms with Gasteiger partial charge in [-0.25, -0.2) is 0 Å². The van der Waals surface area contributed by atoms with Gasteiger partial charge in [0.25, 0.3) is 0 Å². The van der Waals surface area contributed by atoms with Gasteiger partial charge in [0.1, 0.15) is 0 Å². The van der Waals surface area contributed by atoms with Crippen molar-refractivity contribution >= 4 is 206 Å². The Labute approximate surface area is 855 Å². The summed E-state index contributed by atoms with van der Waals surface area (Å²) in [6.07, 6.45) is 2.28. The largest absolute Gasteiger partial charge is 1.00 e. The maximum absolute atomic E-state index is 9.39. The van der Waals surface area contributed by atoms with E-state index in [4.69, 9.17) is 0 Å². The van der Waals surface area contributed by atoms with E-state index in [1.54, 1.807) is 6.07 Å². The first-order valence-electron chi connectivity index (χ1n) is 48.3. The van der Waals surface area contributed by atoms with E-state index in [1.807, 2.05) is 18.2 Å². The van der Waals surface area contributed by atoms with E-state index in [1.165, 1.54) is 241 Å². The fraction of sp³-hybridized carbons (Fsp3) is 0.0221. The number of rotatable bonds is 10. The normalized spacial score (nSPS) is 11.3. The van der Waals surface area contributed by atoms with Gasteiger partial charge in [0.05, 0.1) is 0 Å². The molecule has 0 fully saturated rings. The molecule has 142 heavy (non-hydrogen) atoms. The summed E-state index contributed by atoms with van der Waals surface area (Å²) in [6, 6.07) is 182. The van der Waals surface area contributed by atoms with E-state index in [0.29, 0.717) is 5.46 Å². The Morgan fingerprint density at radius 2 is 0.366 bits per heavy atom. The van der Waals surface area contributed by atoms with Gasteiger partial charge in [0.15, 0.2) is 0 Å². The van der Waals surface area contributed by atoms with Crippen LogP contribution in [0.15, 0.2) is 512 Å². The third-order valence-electron chi connectivity index (χ3n) is 28.0. The Balaban J connectivity index is 0.000000113. The Bertz CT molecular complexity index is 9530. The van der Waals surface area contributed by atoms with Gasteiger partial charge in [-0.2, -0.15) is 6.42 Å². The number of unbranched alkanes of at least 4 members (excludes halogenated alkanes) is 1. The molecule has 0 unspecified atom stereocenters. The van der Waals surface area contributed by atoms with E-state index in [2.05, 4.69) is 525 Å². The van der Waals surface area contributed by atoms with Crippen molar-refractivity contribution in [1.82, 2.24) is 0 Å². The molecule has 0 aliphatic heterocycles. The van der Waals surface area contributed by atoms with E-state index >= 15 is 0 Å². The maximum Gasteiger partial charge on any atom is 1.00 e. The second-order valence-electron chi connectivity index (χ2n) is 36.7. The Kier molecular flexibility index (Phi) is 26.0. The van der Waals surface area contributed by atoms with Crippen molar-refractivity contribution in [3.8, 4) is 89.0 Å². The molecule has 0 heterocycles. The van der Waals surface area contributed by atoms with Crippen LogP contribution in [0, 0.1) is 6.92 Å². The minimum absolute atomic E-state index is 0. The fourth-order valence-corrected chi connectivity index (χ4v) is 21.2. The van der Waals surface area contributed by atoms with Crippen LogP contribution in [0.4, 0.5) is 0 Å². The first-order chi connectivity index (χ1) is 69.3. The molecule has 0 saturated heterocycles. The SMILES string of the molecule is Brc1ccc2c(ccc3cc(-c4ccc(-c5cccc6ccccc56)cc4)ccc32)c1.Brc1ccc2c(ccc3cc(-c4ccc5ccccc5c4)ccc32)c1.OB(O)c1ccc2c(ccc3cc(-c4ccc5ccccc5c4)ccc32)c1.[CH2-]CCC.[Li+].c1ccc2cc(-c3ccc4c(ccc5cc(-c6ccc7c(ccc8cc(-c9ccc(-c%10cccc%11ccccc%10%11)cc9)ccc87)c6)ccc54)c3)ccc2c1. The van der Waals surface area contributed by atoms with Crippen LogP contribution < -0.4 is 24.3 Å². The topological polar surface area (TPSA) is 40.5 Å². The summed E-state index contributed by atoms with van der Waals surface area (Å²) in [5.74, 6) is 0. The maximum atomic E-state index is 9.39. The molecule has 0 spiro atoms. The molecule has 6 heteroatoms. The first kappa shape index (κ1) is 91.5. The van der Waals surface area contributed by atoms with Crippen LogP contribution in [-0.2, 0) is 0 Å². The molecular weight excluding hydrogens is 1840 g/mol. The minimum Gasteiger partial charge on any atom is -0.423 e. The summed E-state index contributed by atoms with van der Waals surface area (Å²) in [6.45, 7) is 5.72. The first-order valence-corrected chi connectivity index (χ1v) is 49.9. The van der Waals surface area contributed by atoms with Gasteiger partial charge in [-0.05, 0) is 341 Å². The van der Waals surface area contributed by atoms with Crippen LogP contribution in [-0.4, -0.2) is 17.2 Å². The predicted octanol–water partition coefficient (Wildman–Crippen LogP) is 35.2. The van der Waals surface area contributed by atoms with E-state index in [-0.39, 0.29) is 18.9 Å². The second kappa shape index (κ2) is 40.3. The van der Waals surface area contributed by atoms with Crippen molar-refractivity contribution in [1.29, 1.82) is 0 Å². The van der Waals surface area contributed by atoms with Crippen LogP contribution in [0.25, 0.3) is 251 Å². The van der Waals surface area contributed by atoms with Gasteiger partial charge in [0, 0.05) is 8.95 Å². The smallest absolute Gasteiger partial charge is 0.423 e. The predicted molar refractivity (Wildman–Crippen MR) is 617 cm³/mol. The molecule has 0 atom stereocenters. The van der Waals surface area contributed by atoms with Crippen LogP contribution >= 0.6 is 31.9 Å². The van der Waals surface area contributed by atoms with Crippen molar-refractivity contribution < 1.29 is 28.9 Å². The molecule has 27 aromatic carbocycles. The molecule has 668 valence electrons. The molecule has 0 bridgehead atoms. The zero-order valence-corrected chi connectivity index (χ0v) is 81.9. The summed E-state index contributed by atoms with van der Waals surface area (Å²) in [5.41, 5.74) is 20.4. The quantitative estimate of drug-likeness (QED) is 0.0814. The van der Waals surface area contributed by atoms with E-state index in [9.17, 15) is 10.0 Å². The monoisotopic (exact) mass is 1930 g/mol. The van der Waals surface area contributed by atoms with Gasteiger partial charge < -0.3 is 17.0 Å². The van der Waals surface area contributed by atoms with E-state index < -0.39 is 7.12 Å². The molecule has 2 N–H and O–H groups in total. The van der Waals surface area contributed by atoms with Gasteiger partial charge >= 0.3 is 26.0 Å². The second-order valence-corrected chi connectivity index (χ2v) is 38.5. The van der Waals surface area contributed by atoms with Gasteiger partial charge in [0.2, 0.25) is 0 Å². The minimum atomic E-state index is -1.44. The van der Waals surface area contributed by atoms with Crippen molar-refractivity contribution in [3.63, 3.8) is 0 Å². The number of hydrogen-bond acceptors (Lipinski definition) is 2. The fourth-order valence-electron chi connectivity index (χ4n) is 20.5. The molecule has 0 aliphatic rings. The Morgan fingerprint density at radius 3 is 0.641 bits per heavy atom. The molecule has 0 amide bonds. The molecule has 0 aliphatic carbocycles. The van der Waals surface area contributed by atoms with Crippen LogP contribution in [0.2, 0.25) is 0 Å².